The van der Waals surface area contributed by atoms with Crippen molar-refractivity contribution < 1.29 is 22.0 Å². The molecule has 3 aromatic rings. The van der Waals surface area contributed by atoms with E-state index in [-0.39, 0.29) is 10.5 Å². The average molecular weight is 474 g/mol. The second kappa shape index (κ2) is 9.07. The predicted molar refractivity (Wildman–Crippen MR) is 127 cm³/mol. The Hall–Kier alpha value is -3.04. The number of furan rings is 1. The second-order valence-electron chi connectivity index (χ2n) is 8.42. The summed E-state index contributed by atoms with van der Waals surface area (Å²) in [6, 6.07) is 13.1. The minimum absolute atomic E-state index is 0.191. The molecule has 1 fully saturated rings. The van der Waals surface area contributed by atoms with Crippen LogP contribution in [0.1, 0.15) is 19.6 Å². The van der Waals surface area contributed by atoms with Crippen molar-refractivity contribution in [2.75, 3.05) is 29.8 Å². The van der Waals surface area contributed by atoms with Crippen LogP contribution < -0.4 is 19.7 Å². The Morgan fingerprint density at radius 2 is 1.82 bits per heavy atom. The van der Waals surface area contributed by atoms with E-state index in [0.29, 0.717) is 35.0 Å². The number of sulfonamides is 1. The van der Waals surface area contributed by atoms with Crippen LogP contribution in [0.15, 0.2) is 57.8 Å². The van der Waals surface area contributed by atoms with Crippen molar-refractivity contribution in [2.45, 2.75) is 37.8 Å². The maximum atomic E-state index is 14.8. The molecule has 0 spiro atoms. The van der Waals surface area contributed by atoms with Gasteiger partial charge in [0.1, 0.15) is 23.1 Å². The summed E-state index contributed by atoms with van der Waals surface area (Å²) in [6.45, 7) is 7.56. The molecule has 0 saturated carbocycles. The van der Waals surface area contributed by atoms with Crippen LogP contribution in [0, 0.1) is 12.7 Å². The van der Waals surface area contributed by atoms with E-state index in [4.69, 9.17) is 9.15 Å². The molecular formula is C24H28FN3O4S. The van der Waals surface area contributed by atoms with Crippen LogP contribution in [-0.2, 0) is 10.0 Å². The molecule has 2 atom stereocenters. The van der Waals surface area contributed by atoms with Gasteiger partial charge in [0.15, 0.2) is 0 Å². The van der Waals surface area contributed by atoms with Crippen molar-refractivity contribution in [3.05, 3.63) is 60.1 Å². The molecule has 0 bridgehead atoms. The first-order valence-electron chi connectivity index (χ1n) is 10.7. The van der Waals surface area contributed by atoms with E-state index in [9.17, 15) is 12.8 Å². The first kappa shape index (κ1) is 23.1. The lowest BCUT2D eigenvalue weighted by molar-refractivity contribution is 0.406. The van der Waals surface area contributed by atoms with E-state index in [1.165, 1.54) is 19.2 Å². The lowest BCUT2D eigenvalue weighted by atomic mass is 10.1. The Morgan fingerprint density at radius 1 is 1.09 bits per heavy atom. The number of methoxy groups -OCH3 is 1. The lowest BCUT2D eigenvalue weighted by Crippen LogP contribution is -2.54. The Kier molecular flexibility index (Phi) is 6.36. The molecule has 7 nitrogen and oxygen atoms in total. The van der Waals surface area contributed by atoms with Crippen molar-refractivity contribution in [2.24, 2.45) is 0 Å². The number of aryl methyl sites for hydroxylation is 1. The van der Waals surface area contributed by atoms with Crippen LogP contribution in [0.25, 0.3) is 11.3 Å². The number of ether oxygens (including phenoxy) is 1. The normalized spacial score (nSPS) is 18.9. The summed E-state index contributed by atoms with van der Waals surface area (Å²) < 4.78 is 54.3. The van der Waals surface area contributed by atoms with Gasteiger partial charge in [-0.25, -0.2) is 12.8 Å². The van der Waals surface area contributed by atoms with Crippen molar-refractivity contribution in [3.8, 4) is 17.1 Å². The SMILES string of the molecule is COc1ccc(N2CC(C)NC(C)C2)cc1NS(=O)(=O)c1ccc(-c2ccc(C)o2)c(F)c1. The van der Waals surface area contributed by atoms with Crippen LogP contribution in [-0.4, -0.2) is 40.7 Å². The molecule has 1 aromatic heterocycles. The summed E-state index contributed by atoms with van der Waals surface area (Å²) in [5.74, 6) is 0.678. The summed E-state index contributed by atoms with van der Waals surface area (Å²) in [5.41, 5.74) is 1.37. The van der Waals surface area contributed by atoms with Crippen molar-refractivity contribution in [1.29, 1.82) is 0 Å². The average Bonchev–Trinajstić information content (AvgIpc) is 3.18. The Labute approximate surface area is 193 Å². The highest BCUT2D eigenvalue weighted by atomic mass is 32.2. The number of piperazine rings is 1. The largest absolute Gasteiger partial charge is 0.495 e. The van der Waals surface area contributed by atoms with Gasteiger partial charge in [-0.3, -0.25) is 4.72 Å². The fraction of sp³-hybridized carbons (Fsp3) is 0.333. The molecule has 1 saturated heterocycles. The number of anilines is 2. The number of nitrogens with zero attached hydrogens (tertiary/aromatic N) is 1. The van der Waals surface area contributed by atoms with Crippen LogP contribution >= 0.6 is 0 Å². The standard InChI is InChI=1S/C24H28FN3O4S/c1-15-13-28(14-16(2)26-15)18-6-10-24(31-4)22(11-18)27-33(29,30)19-7-8-20(21(25)12-19)23-9-5-17(3)32-23/h5-12,15-16,26-27H,13-14H2,1-4H3. The molecule has 2 unspecified atom stereocenters. The Morgan fingerprint density at radius 3 is 2.42 bits per heavy atom. The minimum Gasteiger partial charge on any atom is -0.495 e. The predicted octanol–water partition coefficient (Wildman–Crippen LogP) is 4.39. The Balaban J connectivity index is 1.63. The van der Waals surface area contributed by atoms with Crippen molar-refractivity contribution in [3.63, 3.8) is 0 Å². The third-order valence-electron chi connectivity index (χ3n) is 5.61. The fourth-order valence-electron chi connectivity index (χ4n) is 4.16. The molecular weight excluding hydrogens is 445 g/mol. The second-order valence-corrected chi connectivity index (χ2v) is 10.1. The molecule has 0 radical (unpaired) electrons. The smallest absolute Gasteiger partial charge is 0.262 e. The Bertz CT molecular complexity index is 1250. The van der Waals surface area contributed by atoms with E-state index in [2.05, 4.69) is 28.8 Å². The van der Waals surface area contributed by atoms with Crippen LogP contribution in [0.2, 0.25) is 0 Å². The minimum atomic E-state index is -4.06. The molecule has 9 heteroatoms. The lowest BCUT2D eigenvalue weighted by Gasteiger charge is -2.38. The van der Waals surface area contributed by atoms with Crippen molar-refractivity contribution >= 4 is 21.4 Å². The van der Waals surface area contributed by atoms with E-state index < -0.39 is 15.8 Å². The monoisotopic (exact) mass is 473 g/mol. The summed E-state index contributed by atoms with van der Waals surface area (Å²) >= 11 is 0. The van der Waals surface area contributed by atoms with Gasteiger partial charge in [0.2, 0.25) is 0 Å². The summed E-state index contributed by atoms with van der Waals surface area (Å²) in [6.07, 6.45) is 0. The van der Waals surface area contributed by atoms with Gasteiger partial charge in [0.25, 0.3) is 10.0 Å². The highest BCUT2D eigenvalue weighted by Gasteiger charge is 2.24. The molecule has 176 valence electrons. The number of hydrogen-bond acceptors (Lipinski definition) is 6. The first-order valence-corrected chi connectivity index (χ1v) is 12.2. The molecule has 2 heterocycles. The van der Waals surface area contributed by atoms with E-state index in [0.717, 1.165) is 24.8 Å². The van der Waals surface area contributed by atoms with Gasteiger partial charge in [0.05, 0.1) is 23.3 Å². The van der Waals surface area contributed by atoms with Gasteiger partial charge >= 0.3 is 0 Å². The third kappa shape index (κ3) is 4.99. The molecule has 1 aliphatic rings. The van der Waals surface area contributed by atoms with E-state index >= 15 is 0 Å². The van der Waals surface area contributed by atoms with Gasteiger partial charge in [-0.2, -0.15) is 0 Å². The van der Waals surface area contributed by atoms with E-state index in [1.54, 1.807) is 31.2 Å². The van der Waals surface area contributed by atoms with Gasteiger partial charge in [0, 0.05) is 30.9 Å². The number of nitrogens with one attached hydrogen (secondary N) is 2. The highest BCUT2D eigenvalue weighted by Crippen LogP contribution is 2.33. The molecule has 0 amide bonds. The first-order chi connectivity index (χ1) is 15.7. The number of benzene rings is 2. The van der Waals surface area contributed by atoms with Crippen molar-refractivity contribution in [1.82, 2.24) is 5.32 Å². The molecule has 0 aliphatic carbocycles. The fourth-order valence-corrected chi connectivity index (χ4v) is 5.23. The molecule has 4 rings (SSSR count). The summed E-state index contributed by atoms with van der Waals surface area (Å²) in [5, 5.41) is 3.48. The van der Waals surface area contributed by atoms with Crippen LogP contribution in [0.3, 0.4) is 0 Å². The van der Waals surface area contributed by atoms with Gasteiger partial charge in [-0.1, -0.05) is 0 Å². The van der Waals surface area contributed by atoms with Crippen LogP contribution in [0.5, 0.6) is 5.75 Å². The zero-order valence-corrected chi connectivity index (χ0v) is 19.9. The maximum absolute atomic E-state index is 14.8. The maximum Gasteiger partial charge on any atom is 0.262 e. The van der Waals surface area contributed by atoms with Gasteiger partial charge < -0.3 is 19.4 Å². The molecule has 1 aliphatic heterocycles. The highest BCUT2D eigenvalue weighted by molar-refractivity contribution is 7.92. The third-order valence-corrected chi connectivity index (χ3v) is 6.97. The summed E-state index contributed by atoms with van der Waals surface area (Å²) in [4.78, 5) is 2.01. The van der Waals surface area contributed by atoms with Gasteiger partial charge in [-0.05, 0) is 69.3 Å². The van der Waals surface area contributed by atoms with E-state index in [1.807, 2.05) is 6.07 Å². The molecule has 2 aromatic carbocycles. The number of halogens is 1. The zero-order chi connectivity index (χ0) is 23.8. The quantitative estimate of drug-likeness (QED) is 0.553. The number of rotatable bonds is 6. The topological polar surface area (TPSA) is 83.8 Å². The number of hydrogen-bond donors (Lipinski definition) is 2. The molecule has 2 N–H and O–H groups in total. The zero-order valence-electron chi connectivity index (χ0n) is 19.1. The van der Waals surface area contributed by atoms with Crippen LogP contribution in [0.4, 0.5) is 15.8 Å². The summed E-state index contributed by atoms with van der Waals surface area (Å²) in [7, 11) is -2.59. The van der Waals surface area contributed by atoms with Gasteiger partial charge in [-0.15, -0.1) is 0 Å². The molecule has 33 heavy (non-hydrogen) atoms.